The summed E-state index contributed by atoms with van der Waals surface area (Å²) < 4.78 is 5.98. The SMILES string of the molecule is CC1(C)CC[C@H]2O[C@]23C[C@@](C)(O)CC[C@@H]13. The molecule has 0 aromatic carbocycles. The quantitative estimate of drug-likeness (QED) is 0.623. The Labute approximate surface area is 92.0 Å². The summed E-state index contributed by atoms with van der Waals surface area (Å²) in [6.07, 6.45) is 5.88. The molecule has 1 spiro atoms. The minimum atomic E-state index is -0.487. The van der Waals surface area contributed by atoms with Crippen LogP contribution in [0.15, 0.2) is 0 Å². The van der Waals surface area contributed by atoms with Crippen molar-refractivity contribution in [1.82, 2.24) is 0 Å². The van der Waals surface area contributed by atoms with Gasteiger partial charge in [0.25, 0.3) is 0 Å². The molecule has 3 fully saturated rings. The Balaban J connectivity index is 1.91. The summed E-state index contributed by atoms with van der Waals surface area (Å²) in [5.74, 6) is 0.670. The van der Waals surface area contributed by atoms with Gasteiger partial charge in [0.15, 0.2) is 0 Å². The summed E-state index contributed by atoms with van der Waals surface area (Å²) in [7, 11) is 0. The van der Waals surface area contributed by atoms with E-state index in [0.717, 1.165) is 19.3 Å². The Bertz CT molecular complexity index is 295. The third-order valence-corrected chi connectivity index (χ3v) is 5.06. The van der Waals surface area contributed by atoms with Gasteiger partial charge in [-0.25, -0.2) is 0 Å². The lowest BCUT2D eigenvalue weighted by Crippen LogP contribution is -2.50. The Morgan fingerprint density at radius 2 is 1.87 bits per heavy atom. The predicted molar refractivity (Wildman–Crippen MR) is 58.6 cm³/mol. The fourth-order valence-electron chi connectivity index (χ4n) is 4.23. The van der Waals surface area contributed by atoms with Crippen LogP contribution in [-0.2, 0) is 4.74 Å². The van der Waals surface area contributed by atoms with E-state index in [4.69, 9.17) is 4.74 Å². The molecule has 0 amide bonds. The molecule has 2 aliphatic carbocycles. The Hall–Kier alpha value is -0.0800. The molecule has 3 aliphatic rings. The standard InChI is InChI=1S/C13H22O2/c1-11(2)6-5-10-13(15-10)8-12(3,14)7-4-9(11)13/h9-10,14H,4-8H2,1-3H3/t9-,10+,12-,13-/m0/s1. The summed E-state index contributed by atoms with van der Waals surface area (Å²) in [4.78, 5) is 0. The predicted octanol–water partition coefficient (Wildman–Crippen LogP) is 2.50. The van der Waals surface area contributed by atoms with E-state index in [1.54, 1.807) is 0 Å². The van der Waals surface area contributed by atoms with Gasteiger partial charge in [-0.2, -0.15) is 0 Å². The first-order valence-electron chi connectivity index (χ1n) is 6.26. The van der Waals surface area contributed by atoms with Crippen LogP contribution in [0, 0.1) is 11.3 Å². The van der Waals surface area contributed by atoms with E-state index < -0.39 is 5.60 Å². The van der Waals surface area contributed by atoms with Crippen molar-refractivity contribution in [3.63, 3.8) is 0 Å². The molecule has 2 saturated carbocycles. The van der Waals surface area contributed by atoms with Crippen molar-refractivity contribution < 1.29 is 9.84 Å². The molecule has 1 heterocycles. The van der Waals surface area contributed by atoms with Crippen molar-refractivity contribution in [2.24, 2.45) is 11.3 Å². The van der Waals surface area contributed by atoms with Gasteiger partial charge in [-0.15, -0.1) is 0 Å². The lowest BCUT2D eigenvalue weighted by molar-refractivity contribution is -0.0647. The van der Waals surface area contributed by atoms with Gasteiger partial charge in [0.05, 0.1) is 11.7 Å². The van der Waals surface area contributed by atoms with Gasteiger partial charge in [-0.1, -0.05) is 13.8 Å². The molecule has 0 radical (unpaired) electrons. The maximum atomic E-state index is 10.2. The molecule has 3 rings (SSSR count). The van der Waals surface area contributed by atoms with Gasteiger partial charge in [0.2, 0.25) is 0 Å². The third-order valence-electron chi connectivity index (χ3n) is 5.06. The van der Waals surface area contributed by atoms with Gasteiger partial charge in [-0.05, 0) is 43.9 Å². The van der Waals surface area contributed by atoms with Crippen LogP contribution in [0.3, 0.4) is 0 Å². The zero-order valence-electron chi connectivity index (χ0n) is 10.0. The van der Waals surface area contributed by atoms with E-state index in [1.165, 1.54) is 12.8 Å². The average Bonchev–Trinajstić information content (AvgIpc) is 2.73. The molecule has 1 N–H and O–H groups in total. The highest BCUT2D eigenvalue weighted by Gasteiger charge is 2.69. The number of hydrogen-bond acceptors (Lipinski definition) is 2. The average molecular weight is 210 g/mol. The lowest BCUT2D eigenvalue weighted by Gasteiger charge is -2.48. The fourth-order valence-corrected chi connectivity index (χ4v) is 4.23. The minimum Gasteiger partial charge on any atom is -0.390 e. The van der Waals surface area contributed by atoms with Crippen LogP contribution in [-0.4, -0.2) is 22.4 Å². The maximum absolute atomic E-state index is 10.2. The number of rotatable bonds is 0. The molecule has 0 aromatic rings. The van der Waals surface area contributed by atoms with Crippen LogP contribution in [0.1, 0.15) is 52.9 Å². The molecule has 0 aromatic heterocycles. The molecule has 15 heavy (non-hydrogen) atoms. The second kappa shape index (κ2) is 2.60. The topological polar surface area (TPSA) is 32.8 Å². The molecule has 2 heteroatoms. The van der Waals surface area contributed by atoms with E-state index in [-0.39, 0.29) is 5.60 Å². The number of epoxide rings is 1. The Kier molecular flexibility index (Phi) is 1.75. The van der Waals surface area contributed by atoms with Gasteiger partial charge in [-0.3, -0.25) is 0 Å². The first kappa shape index (κ1) is 10.1. The van der Waals surface area contributed by atoms with Gasteiger partial charge in [0.1, 0.15) is 5.60 Å². The van der Waals surface area contributed by atoms with Crippen molar-refractivity contribution in [3.05, 3.63) is 0 Å². The van der Waals surface area contributed by atoms with Crippen molar-refractivity contribution in [2.45, 2.75) is 70.2 Å². The van der Waals surface area contributed by atoms with Gasteiger partial charge >= 0.3 is 0 Å². The van der Waals surface area contributed by atoms with Crippen LogP contribution in [0.4, 0.5) is 0 Å². The van der Waals surface area contributed by atoms with Gasteiger partial charge in [0, 0.05) is 6.42 Å². The van der Waals surface area contributed by atoms with E-state index >= 15 is 0 Å². The number of hydrogen-bond donors (Lipinski definition) is 1. The Morgan fingerprint density at radius 1 is 1.13 bits per heavy atom. The molecule has 0 unspecified atom stereocenters. The molecule has 0 bridgehead atoms. The van der Waals surface area contributed by atoms with E-state index in [2.05, 4.69) is 13.8 Å². The van der Waals surface area contributed by atoms with Crippen LogP contribution < -0.4 is 0 Å². The van der Waals surface area contributed by atoms with Gasteiger partial charge < -0.3 is 9.84 Å². The summed E-state index contributed by atoms with van der Waals surface area (Å²) in [5, 5.41) is 10.2. The largest absolute Gasteiger partial charge is 0.390 e. The number of aliphatic hydroxyl groups is 1. The molecule has 2 nitrogen and oxygen atoms in total. The fraction of sp³-hybridized carbons (Fsp3) is 1.00. The summed E-state index contributed by atoms with van der Waals surface area (Å²) in [6.45, 7) is 6.72. The van der Waals surface area contributed by atoms with E-state index in [1.807, 2.05) is 6.92 Å². The molecule has 86 valence electrons. The zero-order valence-corrected chi connectivity index (χ0v) is 10.0. The number of ether oxygens (including phenoxy) is 1. The van der Waals surface area contributed by atoms with E-state index in [0.29, 0.717) is 17.4 Å². The van der Waals surface area contributed by atoms with Crippen LogP contribution in [0.5, 0.6) is 0 Å². The monoisotopic (exact) mass is 210 g/mol. The summed E-state index contributed by atoms with van der Waals surface area (Å²) in [5.41, 5.74) is -0.0222. The normalized spacial score (nSPS) is 56.8. The van der Waals surface area contributed by atoms with Crippen molar-refractivity contribution in [3.8, 4) is 0 Å². The first-order valence-corrected chi connectivity index (χ1v) is 6.26. The van der Waals surface area contributed by atoms with E-state index in [9.17, 15) is 5.11 Å². The molecule has 4 atom stereocenters. The van der Waals surface area contributed by atoms with Crippen LogP contribution in [0.25, 0.3) is 0 Å². The first-order chi connectivity index (χ1) is 6.86. The molecule has 1 aliphatic heterocycles. The molecule has 1 saturated heterocycles. The minimum absolute atomic E-state index is 0.0590. The summed E-state index contributed by atoms with van der Waals surface area (Å²) in [6, 6.07) is 0. The van der Waals surface area contributed by atoms with Crippen molar-refractivity contribution in [2.75, 3.05) is 0 Å². The summed E-state index contributed by atoms with van der Waals surface area (Å²) >= 11 is 0. The van der Waals surface area contributed by atoms with Crippen LogP contribution in [0.2, 0.25) is 0 Å². The highest BCUT2D eigenvalue weighted by atomic mass is 16.6. The van der Waals surface area contributed by atoms with Crippen molar-refractivity contribution >= 4 is 0 Å². The lowest BCUT2D eigenvalue weighted by atomic mass is 9.56. The third kappa shape index (κ3) is 1.31. The maximum Gasteiger partial charge on any atom is 0.101 e. The smallest absolute Gasteiger partial charge is 0.101 e. The second-order valence-corrected chi connectivity index (χ2v) is 6.85. The Morgan fingerprint density at radius 3 is 2.60 bits per heavy atom. The van der Waals surface area contributed by atoms with Crippen molar-refractivity contribution in [1.29, 1.82) is 0 Å². The highest BCUT2D eigenvalue weighted by Crippen LogP contribution is 2.64. The second-order valence-electron chi connectivity index (χ2n) is 6.85. The zero-order chi connectivity index (χ0) is 10.9. The van der Waals surface area contributed by atoms with Crippen LogP contribution >= 0.6 is 0 Å². The molecular formula is C13H22O2. The molecular weight excluding hydrogens is 188 g/mol. The highest BCUT2D eigenvalue weighted by molar-refractivity contribution is 5.18.